The Hall–Kier alpha value is -2.42. The number of Topliss-reactive ketones (excluding diaryl/α,β-unsaturated/α-hetero) is 1. The van der Waals surface area contributed by atoms with E-state index < -0.39 is 0 Å². The Bertz CT molecular complexity index is 865. The maximum atomic E-state index is 12.4. The lowest BCUT2D eigenvalue weighted by molar-refractivity contribution is 0.0863. The molecule has 26 heavy (non-hydrogen) atoms. The van der Waals surface area contributed by atoms with Gasteiger partial charge < -0.3 is 5.32 Å². The molecule has 0 radical (unpaired) electrons. The van der Waals surface area contributed by atoms with Gasteiger partial charge in [0.2, 0.25) is 0 Å². The molecule has 3 rings (SSSR count). The van der Waals surface area contributed by atoms with Crippen molar-refractivity contribution in [1.29, 1.82) is 0 Å². The van der Waals surface area contributed by atoms with E-state index in [1.165, 1.54) is 0 Å². The molecular formula is C23H27NO2. The first-order valence-electron chi connectivity index (χ1n) is 9.40. The molecule has 0 fully saturated rings. The van der Waals surface area contributed by atoms with Gasteiger partial charge in [-0.25, -0.2) is 0 Å². The van der Waals surface area contributed by atoms with Crippen LogP contribution in [-0.4, -0.2) is 18.2 Å². The molecule has 0 aromatic heterocycles. The molecule has 0 heterocycles. The van der Waals surface area contributed by atoms with Gasteiger partial charge in [-0.1, -0.05) is 51.5 Å². The van der Waals surface area contributed by atoms with Gasteiger partial charge in [-0.15, -0.1) is 0 Å². The van der Waals surface area contributed by atoms with Gasteiger partial charge in [0.25, 0.3) is 5.91 Å². The van der Waals surface area contributed by atoms with E-state index >= 15 is 0 Å². The van der Waals surface area contributed by atoms with Gasteiger partial charge in [0.15, 0.2) is 5.78 Å². The Morgan fingerprint density at radius 3 is 2.62 bits per heavy atom. The van der Waals surface area contributed by atoms with E-state index in [4.69, 9.17) is 0 Å². The van der Waals surface area contributed by atoms with E-state index in [9.17, 15) is 9.59 Å². The summed E-state index contributed by atoms with van der Waals surface area (Å²) in [4.78, 5) is 24.8. The normalized spacial score (nSPS) is 15.0. The predicted molar refractivity (Wildman–Crippen MR) is 106 cm³/mol. The van der Waals surface area contributed by atoms with Crippen LogP contribution in [0.3, 0.4) is 0 Å². The average molecular weight is 349 g/mol. The Morgan fingerprint density at radius 1 is 1.12 bits per heavy atom. The maximum absolute atomic E-state index is 12.4. The van der Waals surface area contributed by atoms with Crippen LogP contribution in [0.4, 0.5) is 0 Å². The Kier molecular flexibility index (Phi) is 4.99. The molecule has 136 valence electrons. The third-order valence-electron chi connectivity index (χ3n) is 5.22. The predicted octanol–water partition coefficient (Wildman–Crippen LogP) is 4.96. The molecular weight excluding hydrogens is 322 g/mol. The van der Waals surface area contributed by atoms with Crippen LogP contribution in [0.1, 0.15) is 65.5 Å². The number of benzene rings is 2. The van der Waals surface area contributed by atoms with E-state index in [2.05, 4.69) is 25.2 Å². The van der Waals surface area contributed by atoms with E-state index in [1.54, 1.807) is 0 Å². The highest BCUT2D eigenvalue weighted by Crippen LogP contribution is 2.38. The van der Waals surface area contributed by atoms with E-state index in [0.29, 0.717) is 12.1 Å². The van der Waals surface area contributed by atoms with Crippen molar-refractivity contribution in [3.63, 3.8) is 0 Å². The van der Waals surface area contributed by atoms with Crippen molar-refractivity contribution < 1.29 is 9.59 Å². The van der Waals surface area contributed by atoms with Crippen molar-refractivity contribution in [3.05, 3.63) is 58.7 Å². The van der Waals surface area contributed by atoms with Crippen LogP contribution in [0.2, 0.25) is 0 Å². The van der Waals surface area contributed by atoms with Crippen molar-refractivity contribution in [2.75, 3.05) is 6.54 Å². The van der Waals surface area contributed by atoms with Gasteiger partial charge >= 0.3 is 0 Å². The molecule has 1 aliphatic rings. The lowest BCUT2D eigenvalue weighted by atomic mass is 9.89. The van der Waals surface area contributed by atoms with Crippen molar-refractivity contribution in [3.8, 4) is 11.1 Å². The number of aryl methyl sites for hydroxylation is 1. The first-order chi connectivity index (χ1) is 12.3. The fourth-order valence-electron chi connectivity index (χ4n) is 3.60. The second-order valence-corrected chi connectivity index (χ2v) is 7.90. The lowest BCUT2D eigenvalue weighted by Crippen LogP contribution is -2.24. The Morgan fingerprint density at radius 2 is 1.88 bits per heavy atom. The summed E-state index contributed by atoms with van der Waals surface area (Å²) in [6.45, 7) is 8.87. The van der Waals surface area contributed by atoms with Crippen molar-refractivity contribution in [2.24, 2.45) is 5.41 Å². The van der Waals surface area contributed by atoms with E-state index in [1.807, 2.05) is 44.2 Å². The number of nitrogens with one attached hydrogen (secondary N) is 1. The molecule has 0 spiro atoms. The summed E-state index contributed by atoms with van der Waals surface area (Å²) in [5.41, 5.74) is 5.54. The van der Waals surface area contributed by atoms with Crippen LogP contribution < -0.4 is 5.32 Å². The zero-order valence-electron chi connectivity index (χ0n) is 16.1. The van der Waals surface area contributed by atoms with Gasteiger partial charge in [-0.05, 0) is 54.2 Å². The Balaban J connectivity index is 1.92. The van der Waals surface area contributed by atoms with Crippen LogP contribution in [-0.2, 0) is 6.42 Å². The SMILES string of the molecule is CCCCNC(=O)c1ccc(C)c(-c2ccc3c(c2)CC(C)(C)C3=O)c1. The number of fused-ring (bicyclic) bond motifs is 1. The molecule has 0 bridgehead atoms. The summed E-state index contributed by atoms with van der Waals surface area (Å²) in [5, 5.41) is 2.97. The molecule has 0 aliphatic heterocycles. The minimum Gasteiger partial charge on any atom is -0.352 e. The third-order valence-corrected chi connectivity index (χ3v) is 5.22. The quantitative estimate of drug-likeness (QED) is 0.776. The summed E-state index contributed by atoms with van der Waals surface area (Å²) >= 11 is 0. The molecule has 0 saturated carbocycles. The second kappa shape index (κ2) is 7.06. The van der Waals surface area contributed by atoms with Crippen LogP contribution in [0.15, 0.2) is 36.4 Å². The smallest absolute Gasteiger partial charge is 0.251 e. The molecule has 2 aromatic rings. The summed E-state index contributed by atoms with van der Waals surface area (Å²) in [6.07, 6.45) is 2.81. The molecule has 1 aliphatic carbocycles. The highest BCUT2D eigenvalue weighted by atomic mass is 16.1. The number of unbranched alkanes of at least 4 members (excludes halogenated alkanes) is 1. The second-order valence-electron chi connectivity index (χ2n) is 7.90. The highest BCUT2D eigenvalue weighted by Gasteiger charge is 2.37. The molecule has 0 atom stereocenters. The summed E-state index contributed by atoms with van der Waals surface area (Å²) in [7, 11) is 0. The fourth-order valence-corrected chi connectivity index (χ4v) is 3.60. The molecule has 2 aromatic carbocycles. The van der Waals surface area contributed by atoms with Crippen LogP contribution in [0.5, 0.6) is 0 Å². The van der Waals surface area contributed by atoms with Crippen molar-refractivity contribution in [2.45, 2.75) is 47.0 Å². The standard InChI is InChI=1S/C23H27NO2/c1-5-6-11-24-22(26)17-8-7-15(2)20(13-17)16-9-10-19-18(12-16)14-23(3,4)21(19)25/h7-10,12-13H,5-6,11,14H2,1-4H3,(H,24,26). The van der Waals surface area contributed by atoms with Crippen molar-refractivity contribution >= 4 is 11.7 Å². The van der Waals surface area contributed by atoms with Crippen LogP contribution in [0.25, 0.3) is 11.1 Å². The van der Waals surface area contributed by atoms with Gasteiger partial charge in [-0.2, -0.15) is 0 Å². The molecule has 1 amide bonds. The zero-order valence-corrected chi connectivity index (χ0v) is 16.1. The van der Waals surface area contributed by atoms with Crippen molar-refractivity contribution in [1.82, 2.24) is 5.32 Å². The summed E-state index contributed by atoms with van der Waals surface area (Å²) in [6, 6.07) is 11.9. The van der Waals surface area contributed by atoms with Gasteiger partial charge in [0.05, 0.1) is 0 Å². The molecule has 3 nitrogen and oxygen atoms in total. The van der Waals surface area contributed by atoms with E-state index in [-0.39, 0.29) is 17.1 Å². The Labute approximate surface area is 155 Å². The van der Waals surface area contributed by atoms with Gasteiger partial charge in [0, 0.05) is 23.1 Å². The monoisotopic (exact) mass is 349 g/mol. The van der Waals surface area contributed by atoms with Crippen LogP contribution in [0, 0.1) is 12.3 Å². The minimum atomic E-state index is -0.322. The number of carbonyl (C=O) groups is 2. The van der Waals surface area contributed by atoms with Gasteiger partial charge in [-0.3, -0.25) is 9.59 Å². The fraction of sp³-hybridized carbons (Fsp3) is 0.391. The largest absolute Gasteiger partial charge is 0.352 e. The molecule has 1 N–H and O–H groups in total. The molecule has 0 unspecified atom stereocenters. The molecule has 3 heteroatoms. The number of amides is 1. The van der Waals surface area contributed by atoms with Crippen LogP contribution >= 0.6 is 0 Å². The number of hydrogen-bond donors (Lipinski definition) is 1. The molecule has 0 saturated heterocycles. The number of hydrogen-bond acceptors (Lipinski definition) is 2. The maximum Gasteiger partial charge on any atom is 0.251 e. The summed E-state index contributed by atoms with van der Waals surface area (Å²) in [5.74, 6) is 0.192. The minimum absolute atomic E-state index is 0.0304. The first kappa shape index (κ1) is 18.4. The lowest BCUT2D eigenvalue weighted by Gasteiger charge is -2.13. The summed E-state index contributed by atoms with van der Waals surface area (Å²) < 4.78 is 0. The zero-order chi connectivity index (χ0) is 18.9. The topological polar surface area (TPSA) is 46.2 Å². The van der Waals surface area contributed by atoms with E-state index in [0.717, 1.165) is 47.1 Å². The highest BCUT2D eigenvalue weighted by molar-refractivity contribution is 6.05. The first-order valence-corrected chi connectivity index (χ1v) is 9.40. The number of rotatable bonds is 5. The number of carbonyl (C=O) groups excluding carboxylic acids is 2. The van der Waals surface area contributed by atoms with Gasteiger partial charge in [0.1, 0.15) is 0 Å². The average Bonchev–Trinajstić information content (AvgIpc) is 2.84. The number of ketones is 1. The third kappa shape index (κ3) is 3.44.